The van der Waals surface area contributed by atoms with E-state index < -0.39 is 0 Å². The normalized spacial score (nSPS) is 14.3. The van der Waals surface area contributed by atoms with Gasteiger partial charge in [-0.05, 0) is 42.6 Å². The number of aryl methyl sites for hydroxylation is 1. The van der Waals surface area contributed by atoms with Gasteiger partial charge in [0.25, 0.3) is 5.91 Å². The molecule has 1 heterocycles. The summed E-state index contributed by atoms with van der Waals surface area (Å²) in [7, 11) is 1.82. The SMILES string of the molecule is CCC(C)N(C(=O)c1nn(C)cc1Br)C(C)CC. The predicted octanol–water partition coefficient (Wildman–Crippen LogP) is 3.22. The van der Waals surface area contributed by atoms with Crippen LogP contribution < -0.4 is 0 Å². The maximum atomic E-state index is 12.6. The van der Waals surface area contributed by atoms with Crippen molar-refractivity contribution in [3.8, 4) is 0 Å². The van der Waals surface area contributed by atoms with Crippen LogP contribution in [-0.4, -0.2) is 32.7 Å². The third-order valence-electron chi connectivity index (χ3n) is 3.35. The summed E-state index contributed by atoms with van der Waals surface area (Å²) >= 11 is 3.40. The Bertz CT molecular complexity index is 406. The van der Waals surface area contributed by atoms with Crippen molar-refractivity contribution in [2.45, 2.75) is 52.6 Å². The molecule has 1 aromatic rings. The molecule has 0 N–H and O–H groups in total. The van der Waals surface area contributed by atoms with Crippen LogP contribution in [0.2, 0.25) is 0 Å². The van der Waals surface area contributed by atoms with Crippen molar-refractivity contribution in [3.05, 3.63) is 16.4 Å². The van der Waals surface area contributed by atoms with Gasteiger partial charge in [-0.3, -0.25) is 9.48 Å². The molecule has 0 radical (unpaired) electrons. The van der Waals surface area contributed by atoms with Crippen LogP contribution >= 0.6 is 15.9 Å². The van der Waals surface area contributed by atoms with E-state index >= 15 is 0 Å². The van der Waals surface area contributed by atoms with Gasteiger partial charge in [-0.1, -0.05) is 13.8 Å². The number of carbonyl (C=O) groups excluding carboxylic acids is 1. The topological polar surface area (TPSA) is 38.1 Å². The number of rotatable bonds is 5. The lowest BCUT2D eigenvalue weighted by atomic mass is 10.1. The van der Waals surface area contributed by atoms with Gasteiger partial charge in [0.1, 0.15) is 0 Å². The van der Waals surface area contributed by atoms with Crippen LogP contribution in [0.3, 0.4) is 0 Å². The average molecular weight is 316 g/mol. The summed E-state index contributed by atoms with van der Waals surface area (Å²) in [5.41, 5.74) is 0.498. The molecule has 0 spiro atoms. The molecule has 0 bridgehead atoms. The van der Waals surface area contributed by atoms with E-state index in [-0.39, 0.29) is 18.0 Å². The summed E-state index contributed by atoms with van der Waals surface area (Å²) in [6, 6.07) is 0.447. The molecule has 5 heteroatoms. The predicted molar refractivity (Wildman–Crippen MR) is 76.6 cm³/mol. The molecule has 18 heavy (non-hydrogen) atoms. The van der Waals surface area contributed by atoms with Crippen LogP contribution in [0.25, 0.3) is 0 Å². The van der Waals surface area contributed by atoms with Gasteiger partial charge in [-0.2, -0.15) is 5.10 Å². The van der Waals surface area contributed by atoms with E-state index in [1.165, 1.54) is 0 Å². The van der Waals surface area contributed by atoms with Crippen LogP contribution in [0.1, 0.15) is 51.0 Å². The molecule has 0 aromatic carbocycles. The monoisotopic (exact) mass is 315 g/mol. The largest absolute Gasteiger partial charge is 0.332 e. The molecule has 0 fully saturated rings. The van der Waals surface area contributed by atoms with Crippen LogP contribution in [0, 0.1) is 0 Å². The third-order valence-corrected chi connectivity index (χ3v) is 3.93. The van der Waals surface area contributed by atoms with Gasteiger partial charge in [0.05, 0.1) is 4.47 Å². The standard InChI is InChI=1S/C13H22BrN3O/c1-6-9(3)17(10(4)7-2)13(18)12-11(14)8-16(5)15-12/h8-10H,6-7H2,1-5H3. The highest BCUT2D eigenvalue weighted by atomic mass is 79.9. The van der Waals surface area contributed by atoms with Crippen molar-refractivity contribution in [1.29, 1.82) is 0 Å². The number of amides is 1. The minimum Gasteiger partial charge on any atom is -0.332 e. The summed E-state index contributed by atoms with van der Waals surface area (Å²) in [5.74, 6) is 0.00572. The lowest BCUT2D eigenvalue weighted by Crippen LogP contribution is -2.44. The van der Waals surface area contributed by atoms with Gasteiger partial charge in [0.2, 0.25) is 0 Å². The fourth-order valence-electron chi connectivity index (χ4n) is 1.95. The van der Waals surface area contributed by atoms with E-state index in [1.807, 2.05) is 11.9 Å². The van der Waals surface area contributed by atoms with Gasteiger partial charge >= 0.3 is 0 Å². The zero-order valence-electron chi connectivity index (χ0n) is 11.8. The molecule has 102 valence electrons. The van der Waals surface area contributed by atoms with Crippen molar-refractivity contribution in [2.24, 2.45) is 7.05 Å². The van der Waals surface area contributed by atoms with Gasteiger partial charge in [0, 0.05) is 25.3 Å². The minimum atomic E-state index is 0.00572. The van der Waals surface area contributed by atoms with Crippen molar-refractivity contribution < 1.29 is 4.79 Å². The minimum absolute atomic E-state index is 0.00572. The van der Waals surface area contributed by atoms with Crippen molar-refractivity contribution in [1.82, 2.24) is 14.7 Å². The fourth-order valence-corrected chi connectivity index (χ4v) is 2.50. The van der Waals surface area contributed by atoms with E-state index in [2.05, 4.69) is 48.7 Å². The van der Waals surface area contributed by atoms with Crippen molar-refractivity contribution in [2.75, 3.05) is 0 Å². The van der Waals surface area contributed by atoms with E-state index in [0.29, 0.717) is 5.69 Å². The molecule has 4 nitrogen and oxygen atoms in total. The Morgan fingerprint density at radius 2 is 1.89 bits per heavy atom. The lowest BCUT2D eigenvalue weighted by Gasteiger charge is -2.33. The number of nitrogens with zero attached hydrogens (tertiary/aromatic N) is 3. The molecule has 2 unspecified atom stereocenters. The highest BCUT2D eigenvalue weighted by molar-refractivity contribution is 9.10. The van der Waals surface area contributed by atoms with E-state index in [1.54, 1.807) is 10.9 Å². The fraction of sp³-hybridized carbons (Fsp3) is 0.692. The van der Waals surface area contributed by atoms with Gasteiger partial charge < -0.3 is 4.90 Å². The second-order valence-electron chi connectivity index (χ2n) is 4.73. The molecule has 2 atom stereocenters. The van der Waals surface area contributed by atoms with Crippen molar-refractivity contribution >= 4 is 21.8 Å². The maximum Gasteiger partial charge on any atom is 0.276 e. The Labute approximate surface area is 117 Å². The molecular formula is C13H22BrN3O. The molecule has 1 amide bonds. The zero-order valence-corrected chi connectivity index (χ0v) is 13.4. The third kappa shape index (κ3) is 3.13. The second-order valence-corrected chi connectivity index (χ2v) is 5.58. The Balaban J connectivity index is 3.06. The summed E-state index contributed by atoms with van der Waals surface area (Å²) in [6.45, 7) is 8.36. The summed E-state index contributed by atoms with van der Waals surface area (Å²) < 4.78 is 2.41. The smallest absolute Gasteiger partial charge is 0.276 e. The van der Waals surface area contributed by atoms with E-state index in [9.17, 15) is 4.79 Å². The number of carbonyl (C=O) groups is 1. The number of hydrogen-bond acceptors (Lipinski definition) is 2. The molecule has 0 saturated heterocycles. The maximum absolute atomic E-state index is 12.6. The van der Waals surface area contributed by atoms with Crippen LogP contribution in [-0.2, 0) is 7.05 Å². The highest BCUT2D eigenvalue weighted by Crippen LogP contribution is 2.21. The van der Waals surface area contributed by atoms with E-state index in [4.69, 9.17) is 0 Å². The molecule has 1 rings (SSSR count). The zero-order chi connectivity index (χ0) is 13.9. The first kappa shape index (κ1) is 15.2. The highest BCUT2D eigenvalue weighted by Gasteiger charge is 2.27. The summed E-state index contributed by atoms with van der Waals surface area (Å²) in [4.78, 5) is 14.5. The summed E-state index contributed by atoms with van der Waals surface area (Å²) in [6.07, 6.45) is 3.69. The van der Waals surface area contributed by atoms with Crippen LogP contribution in [0.5, 0.6) is 0 Å². The molecule has 1 aromatic heterocycles. The molecule has 0 aliphatic carbocycles. The Morgan fingerprint density at radius 3 is 2.22 bits per heavy atom. The average Bonchev–Trinajstić information content (AvgIpc) is 2.67. The lowest BCUT2D eigenvalue weighted by molar-refractivity contribution is 0.0590. The number of aromatic nitrogens is 2. The second kappa shape index (κ2) is 6.36. The Hall–Kier alpha value is -0.840. The van der Waals surface area contributed by atoms with Crippen molar-refractivity contribution in [3.63, 3.8) is 0 Å². The van der Waals surface area contributed by atoms with Gasteiger partial charge in [-0.15, -0.1) is 0 Å². The molecule has 0 aliphatic rings. The van der Waals surface area contributed by atoms with Crippen LogP contribution in [0.15, 0.2) is 10.7 Å². The number of halogens is 1. The Kier molecular flexibility index (Phi) is 5.38. The molecule has 0 saturated carbocycles. The van der Waals surface area contributed by atoms with Gasteiger partial charge in [0.15, 0.2) is 5.69 Å². The first-order valence-electron chi connectivity index (χ1n) is 6.44. The van der Waals surface area contributed by atoms with Gasteiger partial charge in [-0.25, -0.2) is 0 Å². The summed E-state index contributed by atoms with van der Waals surface area (Å²) in [5, 5.41) is 4.24. The Morgan fingerprint density at radius 1 is 1.39 bits per heavy atom. The first-order chi connectivity index (χ1) is 8.42. The molecular weight excluding hydrogens is 294 g/mol. The first-order valence-corrected chi connectivity index (χ1v) is 7.23. The number of hydrogen-bond donors (Lipinski definition) is 0. The quantitative estimate of drug-likeness (QED) is 0.836. The molecule has 0 aliphatic heterocycles. The van der Waals surface area contributed by atoms with E-state index in [0.717, 1.165) is 17.3 Å². The van der Waals surface area contributed by atoms with Crippen LogP contribution in [0.4, 0.5) is 0 Å².